The Morgan fingerprint density at radius 3 is 2.73 bits per heavy atom. The van der Waals surface area contributed by atoms with Crippen LogP contribution in [0.1, 0.15) is 16.1 Å². The molecule has 0 aliphatic heterocycles. The first kappa shape index (κ1) is 10.1. The van der Waals surface area contributed by atoms with Gasteiger partial charge in [-0.05, 0) is 30.7 Å². The van der Waals surface area contributed by atoms with E-state index in [2.05, 4.69) is 0 Å². The number of halogens is 1. The van der Waals surface area contributed by atoms with Gasteiger partial charge in [0.25, 0.3) is 0 Å². The molecule has 0 saturated carbocycles. The van der Waals surface area contributed by atoms with Gasteiger partial charge >= 0.3 is 5.97 Å². The van der Waals surface area contributed by atoms with Crippen molar-refractivity contribution in [3.8, 4) is 0 Å². The van der Waals surface area contributed by atoms with E-state index >= 15 is 0 Å². The van der Waals surface area contributed by atoms with E-state index in [0.29, 0.717) is 10.7 Å². The van der Waals surface area contributed by atoms with Crippen molar-refractivity contribution in [2.75, 3.05) is 0 Å². The van der Waals surface area contributed by atoms with Crippen LogP contribution in [0.15, 0.2) is 18.2 Å². The Kier molecular flexibility index (Phi) is 2.20. The van der Waals surface area contributed by atoms with E-state index < -0.39 is 5.97 Å². The van der Waals surface area contributed by atoms with Crippen LogP contribution in [0, 0.1) is 6.92 Å². The SMILES string of the molecule is Cc1c(C(=O)O)n(C)c2ccc(Cl)cc12. The second kappa shape index (κ2) is 3.28. The lowest BCUT2D eigenvalue weighted by molar-refractivity contribution is 0.0686. The van der Waals surface area contributed by atoms with Crippen molar-refractivity contribution in [3.05, 3.63) is 34.5 Å². The second-order valence-electron chi connectivity index (χ2n) is 3.50. The summed E-state index contributed by atoms with van der Waals surface area (Å²) in [4.78, 5) is 11.0. The van der Waals surface area contributed by atoms with Gasteiger partial charge in [0.2, 0.25) is 0 Å². The number of fused-ring (bicyclic) bond motifs is 1. The summed E-state index contributed by atoms with van der Waals surface area (Å²) in [6.07, 6.45) is 0. The number of hydrogen-bond donors (Lipinski definition) is 1. The zero-order chi connectivity index (χ0) is 11.2. The van der Waals surface area contributed by atoms with Gasteiger partial charge in [0.05, 0.1) is 0 Å². The average Bonchev–Trinajstić information content (AvgIpc) is 2.39. The molecule has 0 unspecified atom stereocenters. The quantitative estimate of drug-likeness (QED) is 0.808. The standard InChI is InChI=1S/C11H10ClNO2/c1-6-8-5-7(12)3-4-9(8)13(2)10(6)11(14)15/h3-5H,1-2H3,(H,14,15). The maximum absolute atomic E-state index is 11.0. The number of aryl methyl sites for hydroxylation is 2. The maximum atomic E-state index is 11.0. The van der Waals surface area contributed by atoms with E-state index in [1.807, 2.05) is 6.07 Å². The molecule has 1 N–H and O–H groups in total. The van der Waals surface area contributed by atoms with E-state index in [1.54, 1.807) is 30.7 Å². The van der Waals surface area contributed by atoms with E-state index in [4.69, 9.17) is 16.7 Å². The third-order valence-corrected chi connectivity index (χ3v) is 2.85. The molecule has 0 bridgehead atoms. The molecule has 1 aromatic carbocycles. The summed E-state index contributed by atoms with van der Waals surface area (Å²) in [6, 6.07) is 5.38. The van der Waals surface area contributed by atoms with E-state index in [1.165, 1.54) is 0 Å². The third-order valence-electron chi connectivity index (χ3n) is 2.62. The molecule has 0 aliphatic carbocycles. The summed E-state index contributed by atoms with van der Waals surface area (Å²) in [5.41, 5.74) is 1.95. The van der Waals surface area contributed by atoms with Crippen molar-refractivity contribution in [1.29, 1.82) is 0 Å². The van der Waals surface area contributed by atoms with Crippen molar-refractivity contribution in [1.82, 2.24) is 4.57 Å². The molecule has 1 heterocycles. The summed E-state index contributed by atoms with van der Waals surface area (Å²) in [6.45, 7) is 1.79. The highest BCUT2D eigenvalue weighted by Gasteiger charge is 2.17. The van der Waals surface area contributed by atoms with Crippen LogP contribution in [0.3, 0.4) is 0 Å². The highest BCUT2D eigenvalue weighted by atomic mass is 35.5. The lowest BCUT2D eigenvalue weighted by Gasteiger charge is -1.98. The smallest absolute Gasteiger partial charge is 0.352 e. The molecule has 3 nitrogen and oxygen atoms in total. The lowest BCUT2D eigenvalue weighted by Crippen LogP contribution is -2.05. The first-order valence-electron chi connectivity index (χ1n) is 4.50. The molecular weight excluding hydrogens is 214 g/mol. The zero-order valence-corrected chi connectivity index (χ0v) is 9.17. The van der Waals surface area contributed by atoms with Gasteiger partial charge in [0, 0.05) is 23.0 Å². The van der Waals surface area contributed by atoms with Crippen molar-refractivity contribution < 1.29 is 9.90 Å². The number of benzene rings is 1. The number of nitrogens with zero attached hydrogens (tertiary/aromatic N) is 1. The number of hydrogen-bond acceptors (Lipinski definition) is 1. The molecule has 0 saturated heterocycles. The number of aromatic carboxylic acids is 1. The fourth-order valence-corrected chi connectivity index (χ4v) is 2.08. The van der Waals surface area contributed by atoms with Crippen molar-refractivity contribution >= 4 is 28.5 Å². The Hall–Kier alpha value is -1.48. The van der Waals surface area contributed by atoms with Crippen LogP contribution in [-0.4, -0.2) is 15.6 Å². The first-order chi connectivity index (χ1) is 7.02. The summed E-state index contributed by atoms with van der Waals surface area (Å²) < 4.78 is 1.67. The molecule has 78 valence electrons. The van der Waals surface area contributed by atoms with E-state index in [-0.39, 0.29) is 0 Å². The number of carboxylic acids is 1. The highest BCUT2D eigenvalue weighted by Crippen LogP contribution is 2.27. The van der Waals surface area contributed by atoms with Crippen molar-refractivity contribution in [2.45, 2.75) is 6.92 Å². The number of carbonyl (C=O) groups is 1. The van der Waals surface area contributed by atoms with Gasteiger partial charge in [-0.3, -0.25) is 0 Å². The number of aromatic nitrogens is 1. The average molecular weight is 224 g/mol. The minimum atomic E-state index is -0.915. The Balaban J connectivity index is 2.91. The molecule has 0 fully saturated rings. The lowest BCUT2D eigenvalue weighted by atomic mass is 10.1. The van der Waals surface area contributed by atoms with Crippen LogP contribution in [0.4, 0.5) is 0 Å². The zero-order valence-electron chi connectivity index (χ0n) is 8.41. The number of carboxylic acid groups (broad SMARTS) is 1. The summed E-state index contributed by atoms with van der Waals surface area (Å²) >= 11 is 5.88. The predicted octanol–water partition coefficient (Wildman–Crippen LogP) is 2.84. The van der Waals surface area contributed by atoms with Gasteiger partial charge in [0.1, 0.15) is 5.69 Å². The Morgan fingerprint density at radius 1 is 1.47 bits per heavy atom. The third kappa shape index (κ3) is 1.39. The van der Waals surface area contributed by atoms with Gasteiger partial charge in [-0.2, -0.15) is 0 Å². The van der Waals surface area contributed by atoms with Gasteiger partial charge in [-0.1, -0.05) is 11.6 Å². The number of rotatable bonds is 1. The van der Waals surface area contributed by atoms with Gasteiger partial charge in [-0.25, -0.2) is 4.79 Å². The molecule has 0 radical (unpaired) electrons. The monoisotopic (exact) mass is 223 g/mol. The molecule has 0 amide bonds. The molecular formula is C11H10ClNO2. The predicted molar refractivity (Wildman–Crippen MR) is 59.6 cm³/mol. The van der Waals surface area contributed by atoms with Crippen LogP contribution >= 0.6 is 11.6 Å². The Bertz CT molecular complexity index is 557. The molecule has 2 rings (SSSR count). The minimum Gasteiger partial charge on any atom is -0.477 e. The van der Waals surface area contributed by atoms with Crippen LogP contribution in [0.25, 0.3) is 10.9 Å². The first-order valence-corrected chi connectivity index (χ1v) is 4.88. The fourth-order valence-electron chi connectivity index (χ4n) is 1.90. The Morgan fingerprint density at radius 2 is 2.13 bits per heavy atom. The topological polar surface area (TPSA) is 42.2 Å². The highest BCUT2D eigenvalue weighted by molar-refractivity contribution is 6.31. The van der Waals surface area contributed by atoms with Crippen molar-refractivity contribution in [2.24, 2.45) is 7.05 Å². The summed E-state index contributed by atoms with van der Waals surface area (Å²) in [5.74, 6) is -0.915. The summed E-state index contributed by atoms with van der Waals surface area (Å²) in [5, 5.41) is 10.6. The molecule has 0 atom stereocenters. The fraction of sp³-hybridized carbons (Fsp3) is 0.182. The van der Waals surface area contributed by atoms with Crippen LogP contribution in [0.5, 0.6) is 0 Å². The second-order valence-corrected chi connectivity index (χ2v) is 3.94. The van der Waals surface area contributed by atoms with Crippen LogP contribution in [0.2, 0.25) is 5.02 Å². The maximum Gasteiger partial charge on any atom is 0.352 e. The molecule has 0 spiro atoms. The summed E-state index contributed by atoms with van der Waals surface area (Å²) in [7, 11) is 1.74. The van der Waals surface area contributed by atoms with Crippen LogP contribution < -0.4 is 0 Å². The van der Waals surface area contributed by atoms with Gasteiger partial charge in [-0.15, -0.1) is 0 Å². The molecule has 15 heavy (non-hydrogen) atoms. The normalized spacial score (nSPS) is 10.9. The molecule has 2 aromatic rings. The van der Waals surface area contributed by atoms with Crippen molar-refractivity contribution in [3.63, 3.8) is 0 Å². The van der Waals surface area contributed by atoms with Gasteiger partial charge < -0.3 is 9.67 Å². The van der Waals surface area contributed by atoms with Gasteiger partial charge in [0.15, 0.2) is 0 Å². The van der Waals surface area contributed by atoms with E-state index in [9.17, 15) is 4.79 Å². The van der Waals surface area contributed by atoms with E-state index in [0.717, 1.165) is 16.5 Å². The molecule has 0 aliphatic rings. The molecule has 4 heteroatoms. The largest absolute Gasteiger partial charge is 0.477 e. The van der Waals surface area contributed by atoms with Crippen LogP contribution in [-0.2, 0) is 7.05 Å². The Labute approximate surface area is 91.9 Å². The molecule has 1 aromatic heterocycles. The minimum absolute atomic E-state index is 0.312.